The molecule has 0 rings (SSSR count). The Bertz CT molecular complexity index is 352. The van der Waals surface area contributed by atoms with Crippen molar-refractivity contribution in [3.63, 3.8) is 0 Å². The molecule has 0 aliphatic heterocycles. The summed E-state index contributed by atoms with van der Waals surface area (Å²) in [4.78, 5) is 20.9. The lowest BCUT2D eigenvalue weighted by molar-refractivity contribution is -0.873. The minimum Gasteiger partial charge on any atom is -0.550 e. The van der Waals surface area contributed by atoms with Gasteiger partial charge in [0.15, 0.2) is 0 Å². The Labute approximate surface area is 153 Å². The van der Waals surface area contributed by atoms with E-state index in [0.29, 0.717) is 11.0 Å². The van der Waals surface area contributed by atoms with Crippen LogP contribution in [0.5, 0.6) is 0 Å². The molecule has 0 fully saturated rings. The first-order valence-electron chi connectivity index (χ1n) is 9.44. The number of carbonyl (C=O) groups excluding carboxylic acids is 1. The predicted molar refractivity (Wildman–Crippen MR) is 97.9 cm³/mol. The molecule has 150 valence electrons. The summed E-state index contributed by atoms with van der Waals surface area (Å²) in [5, 5.41) is 28.1. The Kier molecular flexibility index (Phi) is 15.8. The first-order valence-corrected chi connectivity index (χ1v) is 9.44. The van der Waals surface area contributed by atoms with Crippen molar-refractivity contribution in [3.8, 4) is 0 Å². The Morgan fingerprint density at radius 2 is 1.48 bits per heavy atom. The summed E-state index contributed by atoms with van der Waals surface area (Å²) in [5.74, 6) is -1.90. The molecule has 6 heteroatoms. The van der Waals surface area contributed by atoms with Gasteiger partial charge in [-0.15, -0.1) is 0 Å². The molecular weight excluding hydrogens is 322 g/mol. The van der Waals surface area contributed by atoms with Gasteiger partial charge in [-0.1, -0.05) is 52.4 Å². The number of likely N-dealkylation sites (N-methyl/N-ethyl adjacent to an activating group) is 1. The molecule has 6 nitrogen and oxygen atoms in total. The normalized spacial score (nSPS) is 13.5. The highest BCUT2D eigenvalue weighted by Gasteiger charge is 2.16. The number of aliphatic hydroxyl groups excluding tert-OH is 1. The number of hydrogen-bond donors (Lipinski definition) is 2. The van der Waals surface area contributed by atoms with Crippen molar-refractivity contribution in [3.05, 3.63) is 0 Å². The second-order valence-corrected chi connectivity index (χ2v) is 7.73. The van der Waals surface area contributed by atoms with Crippen LogP contribution in [0.15, 0.2) is 0 Å². The number of rotatable bonds is 13. The van der Waals surface area contributed by atoms with E-state index < -0.39 is 18.0 Å². The van der Waals surface area contributed by atoms with E-state index in [9.17, 15) is 14.7 Å². The number of nitrogens with zero attached hydrogens (tertiary/aromatic N) is 1. The van der Waals surface area contributed by atoms with Crippen LogP contribution in [0.25, 0.3) is 0 Å². The molecule has 25 heavy (non-hydrogen) atoms. The van der Waals surface area contributed by atoms with Crippen molar-refractivity contribution in [1.29, 1.82) is 0 Å². The maximum atomic E-state index is 10.9. The summed E-state index contributed by atoms with van der Waals surface area (Å²) in [6, 6.07) is 0. The summed E-state index contributed by atoms with van der Waals surface area (Å²) in [6.07, 6.45) is 7.50. The SMILES string of the molecule is CCCCCCC(CCCC)C(=O)O.C[N+](C)(C)C[C@H](O)CC(=O)[O-]. The molecule has 0 radical (unpaired) electrons. The molecule has 0 bridgehead atoms. The molecule has 0 saturated carbocycles. The Morgan fingerprint density at radius 1 is 0.960 bits per heavy atom. The van der Waals surface area contributed by atoms with Crippen LogP contribution < -0.4 is 5.11 Å². The third-order valence-electron chi connectivity index (χ3n) is 3.82. The molecule has 0 aromatic rings. The molecule has 0 aliphatic carbocycles. The van der Waals surface area contributed by atoms with Gasteiger partial charge >= 0.3 is 5.97 Å². The maximum Gasteiger partial charge on any atom is 0.306 e. The number of hydrogen-bond acceptors (Lipinski definition) is 4. The smallest absolute Gasteiger partial charge is 0.306 e. The van der Waals surface area contributed by atoms with E-state index >= 15 is 0 Å². The molecule has 2 N–H and O–H groups in total. The molecule has 0 amide bonds. The number of aliphatic carboxylic acids is 2. The number of carbonyl (C=O) groups is 2. The van der Waals surface area contributed by atoms with E-state index in [-0.39, 0.29) is 12.3 Å². The fraction of sp³-hybridized carbons (Fsp3) is 0.895. The largest absolute Gasteiger partial charge is 0.550 e. The Morgan fingerprint density at radius 3 is 1.88 bits per heavy atom. The zero-order valence-electron chi connectivity index (χ0n) is 16.8. The van der Waals surface area contributed by atoms with E-state index in [1.807, 2.05) is 21.1 Å². The predicted octanol–water partition coefficient (Wildman–Crippen LogP) is 2.04. The van der Waals surface area contributed by atoms with Gasteiger partial charge in [-0.05, 0) is 12.8 Å². The quantitative estimate of drug-likeness (QED) is 0.386. The summed E-state index contributed by atoms with van der Waals surface area (Å²) >= 11 is 0. The lowest BCUT2D eigenvalue weighted by Crippen LogP contribution is -2.43. The van der Waals surface area contributed by atoms with Crippen molar-refractivity contribution in [2.75, 3.05) is 27.7 Å². The van der Waals surface area contributed by atoms with Crippen molar-refractivity contribution in [2.45, 2.75) is 77.7 Å². The van der Waals surface area contributed by atoms with Crippen LogP contribution in [0.2, 0.25) is 0 Å². The fourth-order valence-corrected chi connectivity index (χ4v) is 2.55. The lowest BCUT2D eigenvalue weighted by Gasteiger charge is -2.26. The monoisotopic (exact) mass is 361 g/mol. The van der Waals surface area contributed by atoms with Crippen LogP contribution in [-0.2, 0) is 9.59 Å². The van der Waals surface area contributed by atoms with Crippen molar-refractivity contribution in [1.82, 2.24) is 0 Å². The Balaban J connectivity index is 0. The summed E-state index contributed by atoms with van der Waals surface area (Å²) < 4.78 is 0.550. The first-order chi connectivity index (χ1) is 11.5. The molecule has 0 aromatic heterocycles. The number of carboxylic acids is 2. The van der Waals surface area contributed by atoms with Gasteiger partial charge in [0.2, 0.25) is 0 Å². The third-order valence-corrected chi connectivity index (χ3v) is 3.82. The second-order valence-electron chi connectivity index (χ2n) is 7.73. The third kappa shape index (κ3) is 20.8. The molecular formula is C19H39NO5. The van der Waals surface area contributed by atoms with Crippen LogP contribution in [0, 0.1) is 5.92 Å². The Hall–Kier alpha value is -1.14. The minimum absolute atomic E-state index is 0.0909. The van der Waals surface area contributed by atoms with Gasteiger partial charge in [0, 0.05) is 12.4 Å². The zero-order valence-corrected chi connectivity index (χ0v) is 16.8. The summed E-state index contributed by atoms with van der Waals surface area (Å²) in [5.41, 5.74) is 0. The topological polar surface area (TPSA) is 97.7 Å². The van der Waals surface area contributed by atoms with Gasteiger partial charge in [-0.3, -0.25) is 4.79 Å². The van der Waals surface area contributed by atoms with Gasteiger partial charge in [0.1, 0.15) is 12.6 Å². The maximum absolute atomic E-state index is 10.9. The number of unbranched alkanes of at least 4 members (excludes halogenated alkanes) is 4. The highest BCUT2D eigenvalue weighted by Crippen LogP contribution is 2.17. The van der Waals surface area contributed by atoms with Gasteiger partial charge in [-0.25, -0.2) is 0 Å². The minimum atomic E-state index is -1.20. The van der Waals surface area contributed by atoms with Crippen LogP contribution in [0.1, 0.15) is 71.6 Å². The highest BCUT2D eigenvalue weighted by atomic mass is 16.4. The van der Waals surface area contributed by atoms with Crippen LogP contribution in [-0.4, -0.2) is 60.4 Å². The van der Waals surface area contributed by atoms with Crippen LogP contribution in [0.3, 0.4) is 0 Å². The van der Waals surface area contributed by atoms with Gasteiger partial charge in [0.05, 0.1) is 27.1 Å². The molecule has 0 aromatic carbocycles. The van der Waals surface area contributed by atoms with Gasteiger partial charge in [0.25, 0.3) is 0 Å². The first kappa shape index (κ1) is 26.1. The van der Waals surface area contributed by atoms with E-state index in [1.165, 1.54) is 19.3 Å². The molecule has 1 unspecified atom stereocenters. The van der Waals surface area contributed by atoms with Crippen molar-refractivity contribution in [2.24, 2.45) is 5.92 Å². The van der Waals surface area contributed by atoms with Gasteiger partial charge < -0.3 is 24.6 Å². The number of carboxylic acid groups (broad SMARTS) is 2. The average Bonchev–Trinajstić information content (AvgIpc) is 2.44. The fourth-order valence-electron chi connectivity index (χ4n) is 2.55. The highest BCUT2D eigenvalue weighted by molar-refractivity contribution is 5.69. The second kappa shape index (κ2) is 15.1. The molecule has 0 spiro atoms. The number of quaternary nitrogens is 1. The van der Waals surface area contributed by atoms with Gasteiger partial charge in [-0.2, -0.15) is 0 Å². The van der Waals surface area contributed by atoms with E-state index in [4.69, 9.17) is 10.2 Å². The summed E-state index contributed by atoms with van der Waals surface area (Å²) in [7, 11) is 5.66. The molecule has 0 aliphatic rings. The van der Waals surface area contributed by atoms with Crippen LogP contribution >= 0.6 is 0 Å². The van der Waals surface area contributed by atoms with E-state index in [1.54, 1.807) is 0 Å². The number of aliphatic hydroxyl groups is 1. The van der Waals surface area contributed by atoms with E-state index in [0.717, 1.165) is 32.1 Å². The van der Waals surface area contributed by atoms with Crippen LogP contribution in [0.4, 0.5) is 0 Å². The summed E-state index contributed by atoms with van der Waals surface area (Å²) in [6.45, 7) is 4.70. The van der Waals surface area contributed by atoms with Crippen molar-refractivity contribution < 1.29 is 29.4 Å². The molecule has 0 heterocycles. The lowest BCUT2D eigenvalue weighted by atomic mass is 9.95. The van der Waals surface area contributed by atoms with E-state index in [2.05, 4.69) is 13.8 Å². The zero-order chi connectivity index (χ0) is 19.9. The standard InChI is InChI=1S/C12H24O2.C7H15NO3/c1-3-5-7-8-10-11(12(13)14)9-6-4-2;1-8(2,3)5-6(9)4-7(10)11/h11H,3-10H2,1-2H3,(H,13,14);6,9H,4-5H2,1-3H3/t;6-/m.1/s1. The molecule has 0 saturated heterocycles. The average molecular weight is 362 g/mol. The van der Waals surface area contributed by atoms with Crippen molar-refractivity contribution >= 4 is 11.9 Å². The molecule has 2 atom stereocenters.